The molecule has 3 aliphatic heterocycles. The van der Waals surface area contributed by atoms with Gasteiger partial charge < -0.3 is 14.6 Å². The minimum atomic E-state index is -0.293. The second-order valence-electron chi connectivity index (χ2n) is 7.77. The first-order chi connectivity index (χ1) is 14.1. The molecule has 9 heteroatoms. The molecule has 0 saturated carbocycles. The number of aromatic nitrogens is 2. The van der Waals surface area contributed by atoms with Crippen molar-refractivity contribution in [3.05, 3.63) is 35.2 Å². The Morgan fingerprint density at radius 2 is 2.10 bits per heavy atom. The lowest BCUT2D eigenvalue weighted by Crippen LogP contribution is -2.44. The van der Waals surface area contributed by atoms with Crippen LogP contribution >= 0.6 is 0 Å². The number of hydrogen-bond acceptors (Lipinski definition) is 8. The molecule has 3 aliphatic rings. The highest BCUT2D eigenvalue weighted by Gasteiger charge is 2.38. The van der Waals surface area contributed by atoms with Crippen LogP contribution in [0.25, 0.3) is 11.5 Å². The summed E-state index contributed by atoms with van der Waals surface area (Å²) < 4.78 is 11.0. The quantitative estimate of drug-likeness (QED) is 0.765. The van der Waals surface area contributed by atoms with Crippen LogP contribution in [0, 0.1) is 0 Å². The molecule has 2 saturated heterocycles. The van der Waals surface area contributed by atoms with Crippen LogP contribution in [-0.2, 0) is 4.74 Å². The minimum absolute atomic E-state index is 0.0424. The number of nitrogens with zero attached hydrogens (tertiary/aromatic N) is 4. The lowest BCUT2D eigenvalue weighted by molar-refractivity contribution is 0.0475. The second-order valence-corrected chi connectivity index (χ2v) is 7.77. The zero-order valence-electron chi connectivity index (χ0n) is 16.3. The van der Waals surface area contributed by atoms with Gasteiger partial charge in [0.15, 0.2) is 5.82 Å². The van der Waals surface area contributed by atoms with Crippen LogP contribution in [0.15, 0.2) is 22.7 Å². The lowest BCUT2D eigenvalue weighted by atomic mass is 10.1. The third-order valence-electron chi connectivity index (χ3n) is 5.88. The highest BCUT2D eigenvalue weighted by atomic mass is 16.5. The van der Waals surface area contributed by atoms with Crippen molar-refractivity contribution >= 4 is 11.8 Å². The van der Waals surface area contributed by atoms with E-state index >= 15 is 0 Å². The van der Waals surface area contributed by atoms with E-state index in [1.807, 2.05) is 7.05 Å². The molecule has 1 aromatic carbocycles. The topological polar surface area (TPSA) is 101 Å². The van der Waals surface area contributed by atoms with Gasteiger partial charge in [0.05, 0.1) is 29.8 Å². The van der Waals surface area contributed by atoms with Gasteiger partial charge in [0.1, 0.15) is 0 Å². The average Bonchev–Trinajstić information content (AvgIpc) is 3.47. The van der Waals surface area contributed by atoms with E-state index < -0.39 is 0 Å². The second kappa shape index (κ2) is 7.33. The van der Waals surface area contributed by atoms with Gasteiger partial charge in [-0.1, -0.05) is 5.16 Å². The van der Waals surface area contributed by atoms with E-state index in [0.717, 1.165) is 32.5 Å². The summed E-state index contributed by atoms with van der Waals surface area (Å²) in [7, 11) is 2.03. The summed E-state index contributed by atoms with van der Waals surface area (Å²) in [6.45, 7) is 3.58. The number of likely N-dealkylation sites (N-methyl/N-ethyl adjacent to an activating group) is 1. The molecule has 1 N–H and O–H groups in total. The van der Waals surface area contributed by atoms with E-state index in [1.54, 1.807) is 18.2 Å². The number of amides is 2. The molecular weight excluding hydrogens is 374 g/mol. The number of rotatable bonds is 4. The number of carbonyl (C=O) groups is 2. The van der Waals surface area contributed by atoms with Crippen LogP contribution in [0.3, 0.4) is 0 Å². The van der Waals surface area contributed by atoms with Crippen LogP contribution in [-0.4, -0.2) is 77.7 Å². The molecule has 2 unspecified atom stereocenters. The maximum Gasteiger partial charge on any atom is 0.261 e. The summed E-state index contributed by atoms with van der Waals surface area (Å²) >= 11 is 0. The van der Waals surface area contributed by atoms with Crippen molar-refractivity contribution in [3.8, 4) is 11.5 Å². The molecule has 1 aromatic heterocycles. The average molecular weight is 397 g/mol. The number of hydrogen-bond donors (Lipinski definition) is 1. The summed E-state index contributed by atoms with van der Waals surface area (Å²) in [6, 6.07) is 5.13. The van der Waals surface area contributed by atoms with Crippen LogP contribution in [0.4, 0.5) is 0 Å². The highest BCUT2D eigenvalue weighted by Crippen LogP contribution is 2.30. The summed E-state index contributed by atoms with van der Waals surface area (Å²) in [5.41, 5.74) is 1.42. The summed E-state index contributed by atoms with van der Waals surface area (Å²) in [5, 5.41) is 7.46. The van der Waals surface area contributed by atoms with Crippen molar-refractivity contribution in [2.24, 2.45) is 0 Å². The monoisotopic (exact) mass is 397 g/mol. The Morgan fingerprint density at radius 1 is 1.24 bits per heavy atom. The molecule has 2 aromatic rings. The molecule has 4 heterocycles. The smallest absolute Gasteiger partial charge is 0.261 e. The Labute approximate surface area is 168 Å². The first kappa shape index (κ1) is 18.4. The van der Waals surface area contributed by atoms with Crippen molar-refractivity contribution in [2.45, 2.75) is 25.0 Å². The Balaban J connectivity index is 1.39. The molecule has 152 valence electrons. The zero-order valence-corrected chi connectivity index (χ0v) is 16.3. The lowest BCUT2D eigenvalue weighted by Gasteiger charge is -2.30. The van der Waals surface area contributed by atoms with E-state index in [0.29, 0.717) is 41.6 Å². The Morgan fingerprint density at radius 3 is 2.90 bits per heavy atom. The van der Waals surface area contributed by atoms with Crippen molar-refractivity contribution < 1.29 is 18.8 Å². The van der Waals surface area contributed by atoms with Crippen LogP contribution < -0.4 is 5.32 Å². The van der Waals surface area contributed by atoms with Gasteiger partial charge >= 0.3 is 0 Å². The van der Waals surface area contributed by atoms with E-state index in [9.17, 15) is 9.59 Å². The number of ether oxygens (including phenoxy) is 1. The van der Waals surface area contributed by atoms with Crippen molar-refractivity contribution in [1.29, 1.82) is 0 Å². The van der Waals surface area contributed by atoms with E-state index in [4.69, 9.17) is 9.26 Å². The number of piperazine rings is 1. The summed E-state index contributed by atoms with van der Waals surface area (Å²) in [5.74, 6) is 0.392. The van der Waals surface area contributed by atoms with Gasteiger partial charge in [-0.2, -0.15) is 4.98 Å². The molecule has 0 spiro atoms. The SMILES string of the molecule is CN1CCNCC1c1noc(-c2ccc3c(c2)C(=O)N(CC2CCCO2)C3=O)n1. The fraction of sp³-hybridized carbons (Fsp3) is 0.500. The predicted molar refractivity (Wildman–Crippen MR) is 102 cm³/mol. The van der Waals surface area contributed by atoms with Gasteiger partial charge in [0, 0.05) is 31.8 Å². The molecule has 29 heavy (non-hydrogen) atoms. The molecule has 9 nitrogen and oxygen atoms in total. The van der Waals surface area contributed by atoms with Gasteiger partial charge in [-0.25, -0.2) is 0 Å². The van der Waals surface area contributed by atoms with Crippen LogP contribution in [0.5, 0.6) is 0 Å². The maximum atomic E-state index is 12.8. The Bertz CT molecular complexity index is 952. The Hall–Kier alpha value is -2.62. The molecule has 2 amide bonds. The van der Waals surface area contributed by atoms with Gasteiger partial charge in [0.2, 0.25) is 0 Å². The fourth-order valence-corrected chi connectivity index (χ4v) is 4.16. The van der Waals surface area contributed by atoms with E-state index in [-0.39, 0.29) is 24.0 Å². The summed E-state index contributed by atoms with van der Waals surface area (Å²) in [6.07, 6.45) is 1.76. The Kier molecular flexibility index (Phi) is 4.65. The fourth-order valence-electron chi connectivity index (χ4n) is 4.16. The first-order valence-electron chi connectivity index (χ1n) is 9.98. The molecule has 2 atom stereocenters. The van der Waals surface area contributed by atoms with Crippen molar-refractivity contribution in [2.75, 3.05) is 39.8 Å². The number of benzene rings is 1. The molecule has 2 fully saturated rings. The van der Waals surface area contributed by atoms with Crippen molar-refractivity contribution in [3.63, 3.8) is 0 Å². The maximum absolute atomic E-state index is 12.8. The van der Waals surface area contributed by atoms with Crippen molar-refractivity contribution in [1.82, 2.24) is 25.3 Å². The largest absolute Gasteiger partial charge is 0.376 e. The van der Waals surface area contributed by atoms with Gasteiger partial charge in [-0.15, -0.1) is 0 Å². The minimum Gasteiger partial charge on any atom is -0.376 e. The first-order valence-corrected chi connectivity index (χ1v) is 9.98. The number of imide groups is 1. The van der Waals surface area contributed by atoms with Gasteiger partial charge in [-0.05, 0) is 38.1 Å². The molecule has 0 bridgehead atoms. The molecule has 0 radical (unpaired) electrons. The summed E-state index contributed by atoms with van der Waals surface area (Å²) in [4.78, 5) is 33.5. The van der Waals surface area contributed by atoms with Crippen LogP contribution in [0.1, 0.15) is 45.4 Å². The molecule has 0 aliphatic carbocycles. The zero-order chi connectivity index (χ0) is 20.0. The molecular formula is C20H23N5O4. The number of fused-ring (bicyclic) bond motifs is 1. The highest BCUT2D eigenvalue weighted by molar-refractivity contribution is 6.21. The normalized spacial score (nSPS) is 25.1. The third-order valence-corrected chi connectivity index (χ3v) is 5.88. The predicted octanol–water partition coefficient (Wildman–Crippen LogP) is 1.09. The number of carbonyl (C=O) groups excluding carboxylic acids is 2. The van der Waals surface area contributed by atoms with Gasteiger partial charge in [0.25, 0.3) is 17.7 Å². The van der Waals surface area contributed by atoms with E-state index in [1.165, 1.54) is 4.90 Å². The van der Waals surface area contributed by atoms with Gasteiger partial charge in [-0.3, -0.25) is 19.4 Å². The number of nitrogens with one attached hydrogen (secondary N) is 1. The molecule has 5 rings (SSSR count). The third kappa shape index (κ3) is 3.25. The van der Waals surface area contributed by atoms with Crippen LogP contribution in [0.2, 0.25) is 0 Å². The van der Waals surface area contributed by atoms with E-state index in [2.05, 4.69) is 20.4 Å². The standard InChI is InChI=1S/C20H23N5O4/c1-24-7-6-21-10-16(24)17-22-18(29-23-17)12-4-5-14-15(9-12)20(27)25(19(14)26)11-13-3-2-8-28-13/h4-5,9,13,16,21H,2-3,6-8,10-11H2,1H3.